The van der Waals surface area contributed by atoms with E-state index in [1.54, 1.807) is 0 Å². The quantitative estimate of drug-likeness (QED) is 0.688. The second-order valence-electron chi connectivity index (χ2n) is 4.41. The summed E-state index contributed by atoms with van der Waals surface area (Å²) >= 11 is 0. The van der Waals surface area contributed by atoms with Crippen LogP contribution in [0.15, 0.2) is 39.6 Å². The minimum absolute atomic E-state index is 0.247. The van der Waals surface area contributed by atoms with Gasteiger partial charge in [0.1, 0.15) is 5.75 Å². The van der Waals surface area contributed by atoms with Crippen LogP contribution in [0.4, 0.5) is 0 Å². The zero-order chi connectivity index (χ0) is 14.5. The van der Waals surface area contributed by atoms with E-state index in [-0.39, 0.29) is 6.61 Å². The predicted octanol–water partition coefficient (Wildman–Crippen LogP) is 2.65. The zero-order valence-electron chi connectivity index (χ0n) is 11.5. The molecule has 21 heavy (non-hydrogen) atoms. The first-order valence-corrected chi connectivity index (χ1v) is 6.66. The summed E-state index contributed by atoms with van der Waals surface area (Å²) in [5, 5.41) is 11.4. The van der Waals surface area contributed by atoms with Gasteiger partial charge >= 0.3 is 0 Å². The van der Waals surface area contributed by atoms with Gasteiger partial charge in [0.25, 0.3) is 5.89 Å². The van der Waals surface area contributed by atoms with E-state index in [2.05, 4.69) is 27.3 Å². The van der Waals surface area contributed by atoms with Crippen molar-refractivity contribution in [1.82, 2.24) is 20.3 Å². The lowest BCUT2D eigenvalue weighted by Crippen LogP contribution is -1.96. The van der Waals surface area contributed by atoms with Crippen LogP contribution < -0.4 is 4.74 Å². The molecule has 0 aliphatic heterocycles. The SMILES string of the molecule is CCCc1noc(COc2ccc(-c3nnco3)cc2)n1. The molecule has 0 aliphatic carbocycles. The molecule has 0 aliphatic rings. The Morgan fingerprint density at radius 2 is 2.05 bits per heavy atom. The van der Waals surface area contributed by atoms with E-state index in [9.17, 15) is 0 Å². The third kappa shape index (κ3) is 3.25. The van der Waals surface area contributed by atoms with E-state index in [1.165, 1.54) is 6.39 Å². The molecule has 3 rings (SSSR count). The highest BCUT2D eigenvalue weighted by Crippen LogP contribution is 2.20. The van der Waals surface area contributed by atoms with E-state index in [0.29, 0.717) is 23.4 Å². The fraction of sp³-hybridized carbons (Fsp3) is 0.286. The van der Waals surface area contributed by atoms with Crippen LogP contribution in [0.25, 0.3) is 11.5 Å². The standard InChI is InChI=1S/C14H14N4O3/c1-2-3-12-16-13(21-18-12)8-19-11-6-4-10(5-7-11)14-17-15-9-20-14/h4-7,9H,2-3,8H2,1H3. The van der Waals surface area contributed by atoms with E-state index >= 15 is 0 Å². The summed E-state index contributed by atoms with van der Waals surface area (Å²) in [7, 11) is 0. The Balaban J connectivity index is 1.60. The summed E-state index contributed by atoms with van der Waals surface area (Å²) < 4.78 is 15.8. The number of hydrogen-bond donors (Lipinski definition) is 0. The van der Waals surface area contributed by atoms with Gasteiger partial charge in [0, 0.05) is 12.0 Å². The first kappa shape index (κ1) is 13.3. The fourth-order valence-corrected chi connectivity index (χ4v) is 1.81. The number of rotatable bonds is 6. The number of ether oxygens (including phenoxy) is 1. The highest BCUT2D eigenvalue weighted by molar-refractivity contribution is 5.53. The van der Waals surface area contributed by atoms with Crippen LogP contribution in [0.5, 0.6) is 5.75 Å². The number of aryl methyl sites for hydroxylation is 1. The monoisotopic (exact) mass is 286 g/mol. The van der Waals surface area contributed by atoms with Gasteiger partial charge in [0.2, 0.25) is 12.3 Å². The normalized spacial score (nSPS) is 10.7. The summed E-state index contributed by atoms with van der Waals surface area (Å²) in [6.07, 6.45) is 3.09. The Bertz CT molecular complexity index is 677. The van der Waals surface area contributed by atoms with Crippen LogP contribution in [-0.2, 0) is 13.0 Å². The number of nitrogens with zero attached hydrogens (tertiary/aromatic N) is 4. The fourth-order valence-electron chi connectivity index (χ4n) is 1.81. The molecular weight excluding hydrogens is 272 g/mol. The average molecular weight is 286 g/mol. The van der Waals surface area contributed by atoms with E-state index < -0.39 is 0 Å². The Hall–Kier alpha value is -2.70. The summed E-state index contributed by atoms with van der Waals surface area (Å²) in [4.78, 5) is 4.24. The van der Waals surface area contributed by atoms with Gasteiger partial charge in [-0.25, -0.2) is 0 Å². The molecule has 1 aromatic carbocycles. The minimum Gasteiger partial charge on any atom is -0.484 e. The Labute approximate surface area is 121 Å². The van der Waals surface area contributed by atoms with Gasteiger partial charge in [0.15, 0.2) is 12.4 Å². The van der Waals surface area contributed by atoms with Crippen molar-refractivity contribution < 1.29 is 13.7 Å². The van der Waals surface area contributed by atoms with Gasteiger partial charge < -0.3 is 13.7 Å². The van der Waals surface area contributed by atoms with Crippen LogP contribution in [0.1, 0.15) is 25.1 Å². The van der Waals surface area contributed by atoms with Gasteiger partial charge in [-0.2, -0.15) is 4.98 Å². The lowest BCUT2D eigenvalue weighted by Gasteiger charge is -2.03. The van der Waals surface area contributed by atoms with Gasteiger partial charge in [-0.3, -0.25) is 0 Å². The van der Waals surface area contributed by atoms with Gasteiger partial charge in [-0.05, 0) is 30.7 Å². The molecule has 2 aromatic heterocycles. The predicted molar refractivity (Wildman–Crippen MR) is 72.4 cm³/mol. The van der Waals surface area contributed by atoms with Crippen LogP contribution in [-0.4, -0.2) is 20.3 Å². The highest BCUT2D eigenvalue weighted by Gasteiger charge is 2.07. The molecule has 108 valence electrons. The molecule has 0 amide bonds. The Kier molecular flexibility index (Phi) is 3.90. The van der Waals surface area contributed by atoms with Gasteiger partial charge in [-0.15, -0.1) is 10.2 Å². The number of benzene rings is 1. The van der Waals surface area contributed by atoms with Crippen molar-refractivity contribution in [1.29, 1.82) is 0 Å². The summed E-state index contributed by atoms with van der Waals surface area (Å²) in [5.74, 6) is 2.36. The third-order valence-electron chi connectivity index (χ3n) is 2.81. The van der Waals surface area contributed by atoms with Crippen molar-refractivity contribution in [3.05, 3.63) is 42.4 Å². The van der Waals surface area contributed by atoms with Crippen molar-refractivity contribution in [2.75, 3.05) is 0 Å². The summed E-state index contributed by atoms with van der Waals surface area (Å²) in [6, 6.07) is 7.34. The molecule has 0 fully saturated rings. The summed E-state index contributed by atoms with van der Waals surface area (Å²) in [5.41, 5.74) is 0.836. The minimum atomic E-state index is 0.247. The zero-order valence-corrected chi connectivity index (χ0v) is 11.5. The molecule has 7 nitrogen and oxygen atoms in total. The molecule has 3 aromatic rings. The average Bonchev–Trinajstić information content (AvgIpc) is 3.18. The highest BCUT2D eigenvalue weighted by atomic mass is 16.5. The van der Waals surface area contributed by atoms with Crippen LogP contribution in [0, 0.1) is 0 Å². The van der Waals surface area contributed by atoms with Crippen molar-refractivity contribution in [3.63, 3.8) is 0 Å². The topological polar surface area (TPSA) is 87.1 Å². The molecule has 0 atom stereocenters. The van der Waals surface area contributed by atoms with Gasteiger partial charge in [0.05, 0.1) is 0 Å². The van der Waals surface area contributed by atoms with Crippen LogP contribution in [0.3, 0.4) is 0 Å². The summed E-state index contributed by atoms with van der Waals surface area (Å²) in [6.45, 7) is 2.31. The van der Waals surface area contributed by atoms with Crippen molar-refractivity contribution in [3.8, 4) is 17.2 Å². The molecule has 0 bridgehead atoms. The number of hydrogen-bond acceptors (Lipinski definition) is 7. The molecular formula is C14H14N4O3. The molecule has 0 N–H and O–H groups in total. The van der Waals surface area contributed by atoms with Crippen LogP contribution in [0.2, 0.25) is 0 Å². The molecule has 0 radical (unpaired) electrons. The van der Waals surface area contributed by atoms with E-state index in [4.69, 9.17) is 13.7 Å². The second-order valence-corrected chi connectivity index (χ2v) is 4.41. The smallest absolute Gasteiger partial charge is 0.264 e. The van der Waals surface area contributed by atoms with Gasteiger partial charge in [-0.1, -0.05) is 12.1 Å². The van der Waals surface area contributed by atoms with E-state index in [0.717, 1.165) is 18.4 Å². The third-order valence-corrected chi connectivity index (χ3v) is 2.81. The van der Waals surface area contributed by atoms with Crippen molar-refractivity contribution in [2.45, 2.75) is 26.4 Å². The Morgan fingerprint density at radius 1 is 1.19 bits per heavy atom. The molecule has 0 unspecified atom stereocenters. The maximum atomic E-state index is 5.59. The van der Waals surface area contributed by atoms with E-state index in [1.807, 2.05) is 24.3 Å². The van der Waals surface area contributed by atoms with Crippen molar-refractivity contribution in [2.24, 2.45) is 0 Å². The molecule has 2 heterocycles. The first-order valence-electron chi connectivity index (χ1n) is 6.66. The first-order chi connectivity index (χ1) is 10.3. The van der Waals surface area contributed by atoms with Crippen molar-refractivity contribution >= 4 is 0 Å². The molecule has 0 saturated carbocycles. The maximum Gasteiger partial charge on any atom is 0.264 e. The Morgan fingerprint density at radius 3 is 2.76 bits per heavy atom. The molecule has 0 spiro atoms. The second kappa shape index (κ2) is 6.17. The molecule has 0 saturated heterocycles. The lowest BCUT2D eigenvalue weighted by atomic mass is 10.2. The number of aromatic nitrogens is 4. The largest absolute Gasteiger partial charge is 0.484 e. The molecule has 7 heteroatoms. The lowest BCUT2D eigenvalue weighted by molar-refractivity contribution is 0.242. The van der Waals surface area contributed by atoms with Crippen LogP contribution >= 0.6 is 0 Å². The maximum absolute atomic E-state index is 5.59.